The highest BCUT2D eigenvalue weighted by Gasteiger charge is 2.34. The van der Waals surface area contributed by atoms with E-state index in [1.54, 1.807) is 19.6 Å². The summed E-state index contributed by atoms with van der Waals surface area (Å²) in [5, 5.41) is 4.21. The Kier molecular flexibility index (Phi) is 5.67. The molecule has 2 saturated heterocycles. The van der Waals surface area contributed by atoms with E-state index in [1.165, 1.54) is 6.42 Å². The number of piperidine rings is 1. The van der Waals surface area contributed by atoms with E-state index in [1.807, 2.05) is 21.4 Å². The molecule has 0 bridgehead atoms. The molecule has 3 heterocycles. The standard InChI is InChI=1S/C17H28N6O2/c1-14(17(25)21-9-7-20(8-10-21)15(2)24)23-6-4-3-5-16(23)11-22-13-18-12-19-22/h12-14,16H,3-11H2,1-2H3/t14-,16+/m0/s1. The van der Waals surface area contributed by atoms with Gasteiger partial charge in [-0.05, 0) is 26.3 Å². The van der Waals surface area contributed by atoms with Crippen molar-refractivity contribution >= 4 is 11.8 Å². The molecule has 0 aromatic carbocycles. The number of hydrogen-bond acceptors (Lipinski definition) is 5. The van der Waals surface area contributed by atoms with Crippen molar-refractivity contribution in [1.29, 1.82) is 0 Å². The summed E-state index contributed by atoms with van der Waals surface area (Å²) in [7, 11) is 0. The van der Waals surface area contributed by atoms with Crippen molar-refractivity contribution in [2.24, 2.45) is 0 Å². The fourth-order valence-electron chi connectivity index (χ4n) is 3.92. The Hall–Kier alpha value is -1.96. The van der Waals surface area contributed by atoms with Crippen molar-refractivity contribution in [1.82, 2.24) is 29.5 Å². The van der Waals surface area contributed by atoms with Gasteiger partial charge in [0, 0.05) is 39.1 Å². The zero-order valence-electron chi connectivity index (χ0n) is 15.2. The maximum atomic E-state index is 13.0. The molecule has 0 N–H and O–H groups in total. The number of rotatable bonds is 4. The van der Waals surface area contributed by atoms with Crippen LogP contribution in [0.4, 0.5) is 0 Å². The highest BCUT2D eigenvalue weighted by atomic mass is 16.2. The van der Waals surface area contributed by atoms with E-state index in [0.29, 0.717) is 32.2 Å². The van der Waals surface area contributed by atoms with Crippen LogP contribution in [0.2, 0.25) is 0 Å². The Bertz CT molecular complexity index is 582. The molecule has 138 valence electrons. The van der Waals surface area contributed by atoms with Gasteiger partial charge in [0.05, 0.1) is 12.6 Å². The van der Waals surface area contributed by atoms with Gasteiger partial charge >= 0.3 is 0 Å². The molecule has 8 heteroatoms. The van der Waals surface area contributed by atoms with Crippen molar-refractivity contribution in [3.8, 4) is 0 Å². The number of carbonyl (C=O) groups is 2. The van der Waals surface area contributed by atoms with Crippen molar-refractivity contribution in [3.63, 3.8) is 0 Å². The molecule has 0 radical (unpaired) electrons. The maximum absolute atomic E-state index is 13.0. The lowest BCUT2D eigenvalue weighted by molar-refractivity contribution is -0.143. The lowest BCUT2D eigenvalue weighted by Gasteiger charge is -2.42. The zero-order valence-corrected chi connectivity index (χ0v) is 15.2. The van der Waals surface area contributed by atoms with Crippen LogP contribution < -0.4 is 0 Å². The maximum Gasteiger partial charge on any atom is 0.239 e. The van der Waals surface area contributed by atoms with Crippen LogP contribution in [0.25, 0.3) is 0 Å². The fourth-order valence-corrected chi connectivity index (χ4v) is 3.92. The summed E-state index contributed by atoms with van der Waals surface area (Å²) in [5.74, 6) is 0.262. The van der Waals surface area contributed by atoms with Gasteiger partial charge in [-0.3, -0.25) is 19.2 Å². The number of amides is 2. The molecule has 1 aromatic rings. The molecular weight excluding hydrogens is 320 g/mol. The second-order valence-electron chi connectivity index (χ2n) is 7.01. The fraction of sp³-hybridized carbons (Fsp3) is 0.765. The second kappa shape index (κ2) is 7.95. The SMILES string of the molecule is CC(=O)N1CCN(C(=O)[C@H](C)N2CCCC[C@@H]2Cn2cncn2)CC1. The third-order valence-electron chi connectivity index (χ3n) is 5.43. The topological polar surface area (TPSA) is 74.6 Å². The molecule has 2 atom stereocenters. The smallest absolute Gasteiger partial charge is 0.239 e. The largest absolute Gasteiger partial charge is 0.339 e. The van der Waals surface area contributed by atoms with E-state index in [9.17, 15) is 9.59 Å². The average molecular weight is 348 g/mol. The first kappa shape index (κ1) is 17.8. The number of piperazine rings is 1. The summed E-state index contributed by atoms with van der Waals surface area (Å²) in [5.41, 5.74) is 0. The van der Waals surface area contributed by atoms with Gasteiger partial charge in [0.2, 0.25) is 11.8 Å². The van der Waals surface area contributed by atoms with E-state index in [-0.39, 0.29) is 17.9 Å². The van der Waals surface area contributed by atoms with E-state index in [0.717, 1.165) is 25.9 Å². The van der Waals surface area contributed by atoms with E-state index >= 15 is 0 Å². The molecule has 0 spiro atoms. The molecule has 0 saturated carbocycles. The summed E-state index contributed by atoms with van der Waals surface area (Å²) in [6.45, 7) is 7.85. The number of nitrogens with zero attached hydrogens (tertiary/aromatic N) is 6. The number of aromatic nitrogens is 3. The number of hydrogen-bond donors (Lipinski definition) is 0. The molecule has 3 rings (SSSR count). The first-order chi connectivity index (χ1) is 12.1. The third kappa shape index (κ3) is 4.18. The van der Waals surface area contributed by atoms with Crippen LogP contribution in [0.15, 0.2) is 12.7 Å². The molecule has 1 aromatic heterocycles. The zero-order chi connectivity index (χ0) is 17.8. The summed E-state index contributed by atoms with van der Waals surface area (Å²) >= 11 is 0. The average Bonchev–Trinajstić information content (AvgIpc) is 3.14. The Morgan fingerprint density at radius 1 is 1.12 bits per heavy atom. The number of likely N-dealkylation sites (tertiary alicyclic amines) is 1. The Balaban J connectivity index is 1.60. The van der Waals surface area contributed by atoms with Crippen LogP contribution in [-0.4, -0.2) is 86.1 Å². The lowest BCUT2D eigenvalue weighted by Crippen LogP contribution is -2.57. The Morgan fingerprint density at radius 2 is 1.84 bits per heavy atom. The summed E-state index contributed by atoms with van der Waals surface area (Å²) in [6, 6.07) is 0.172. The summed E-state index contributed by atoms with van der Waals surface area (Å²) in [4.78, 5) is 34.5. The van der Waals surface area contributed by atoms with Crippen molar-refractivity contribution in [2.75, 3.05) is 32.7 Å². The van der Waals surface area contributed by atoms with Gasteiger partial charge in [-0.1, -0.05) is 6.42 Å². The summed E-state index contributed by atoms with van der Waals surface area (Å²) in [6.07, 6.45) is 6.68. The Labute approximate surface area is 148 Å². The minimum Gasteiger partial charge on any atom is -0.339 e. The van der Waals surface area contributed by atoms with Crippen molar-refractivity contribution in [3.05, 3.63) is 12.7 Å². The van der Waals surface area contributed by atoms with Gasteiger partial charge in [-0.25, -0.2) is 4.98 Å². The normalized spacial score (nSPS) is 23.5. The minimum absolute atomic E-state index is 0.0871. The number of carbonyl (C=O) groups excluding carboxylic acids is 2. The molecule has 25 heavy (non-hydrogen) atoms. The quantitative estimate of drug-likeness (QED) is 0.778. The van der Waals surface area contributed by atoms with Crippen LogP contribution >= 0.6 is 0 Å². The van der Waals surface area contributed by atoms with Crippen molar-refractivity contribution < 1.29 is 9.59 Å². The van der Waals surface area contributed by atoms with Gasteiger partial charge in [0.15, 0.2) is 0 Å². The third-order valence-corrected chi connectivity index (χ3v) is 5.43. The first-order valence-corrected chi connectivity index (χ1v) is 9.18. The molecule has 0 unspecified atom stereocenters. The van der Waals surface area contributed by atoms with E-state index in [2.05, 4.69) is 15.0 Å². The molecule has 2 amide bonds. The monoisotopic (exact) mass is 348 g/mol. The predicted molar refractivity (Wildman–Crippen MR) is 92.7 cm³/mol. The molecule has 2 fully saturated rings. The highest BCUT2D eigenvalue weighted by Crippen LogP contribution is 2.22. The molecule has 8 nitrogen and oxygen atoms in total. The molecule has 0 aliphatic carbocycles. The first-order valence-electron chi connectivity index (χ1n) is 9.18. The molecular formula is C17H28N6O2. The van der Waals surface area contributed by atoms with Crippen LogP contribution in [0.1, 0.15) is 33.1 Å². The van der Waals surface area contributed by atoms with Crippen LogP contribution in [0.3, 0.4) is 0 Å². The Morgan fingerprint density at radius 3 is 2.48 bits per heavy atom. The van der Waals surface area contributed by atoms with Crippen molar-refractivity contribution in [2.45, 2.75) is 51.7 Å². The van der Waals surface area contributed by atoms with Gasteiger partial charge in [0.1, 0.15) is 12.7 Å². The van der Waals surface area contributed by atoms with Crippen LogP contribution in [-0.2, 0) is 16.1 Å². The minimum atomic E-state index is -0.141. The van der Waals surface area contributed by atoms with E-state index < -0.39 is 0 Å². The second-order valence-corrected chi connectivity index (χ2v) is 7.01. The molecule has 2 aliphatic heterocycles. The van der Waals surface area contributed by atoms with Crippen LogP contribution in [0, 0.1) is 0 Å². The molecule has 2 aliphatic rings. The predicted octanol–water partition coefficient (Wildman–Crippen LogP) is 0.212. The van der Waals surface area contributed by atoms with E-state index in [4.69, 9.17) is 0 Å². The highest BCUT2D eigenvalue weighted by molar-refractivity contribution is 5.82. The van der Waals surface area contributed by atoms with Gasteiger partial charge in [-0.15, -0.1) is 0 Å². The van der Waals surface area contributed by atoms with Crippen LogP contribution in [0.5, 0.6) is 0 Å². The van der Waals surface area contributed by atoms with Gasteiger partial charge < -0.3 is 9.80 Å². The lowest BCUT2D eigenvalue weighted by atomic mass is 9.99. The van der Waals surface area contributed by atoms with Gasteiger partial charge in [-0.2, -0.15) is 5.10 Å². The van der Waals surface area contributed by atoms with Gasteiger partial charge in [0.25, 0.3) is 0 Å². The summed E-state index contributed by atoms with van der Waals surface area (Å²) < 4.78 is 1.85.